The summed E-state index contributed by atoms with van der Waals surface area (Å²) >= 11 is 7.29. The van der Waals surface area contributed by atoms with Gasteiger partial charge in [-0.2, -0.15) is 19.2 Å². The van der Waals surface area contributed by atoms with Gasteiger partial charge in [-0.25, -0.2) is 0 Å². The van der Waals surface area contributed by atoms with Crippen LogP contribution in [0.2, 0.25) is 0 Å². The van der Waals surface area contributed by atoms with E-state index in [2.05, 4.69) is 136 Å². The van der Waals surface area contributed by atoms with Crippen molar-refractivity contribution in [1.29, 1.82) is 0 Å². The summed E-state index contributed by atoms with van der Waals surface area (Å²) in [6, 6.07) is 31.4. The Labute approximate surface area is 501 Å². The molecule has 0 N–H and O–H groups in total. The lowest BCUT2D eigenvalue weighted by atomic mass is 9.70. The summed E-state index contributed by atoms with van der Waals surface area (Å²) in [4.78, 5) is 35.2. The van der Waals surface area contributed by atoms with Crippen LogP contribution in [0.3, 0.4) is 0 Å². The number of thioether (sulfide) groups is 2. The summed E-state index contributed by atoms with van der Waals surface area (Å²) in [7, 11) is -0.199. The number of halogens is 1. The average Bonchev–Trinajstić information content (AvgIpc) is 4.24. The highest BCUT2D eigenvalue weighted by molar-refractivity contribution is 9.10. The summed E-state index contributed by atoms with van der Waals surface area (Å²) in [6.07, 6.45) is 23.0. The number of allylic oxidation sites excluding steroid dienone is 4. The number of carbonyl (C=O) groups excluding carboxylic acids is 4. The number of fused-ring (bicyclic) bond motifs is 2. The van der Waals surface area contributed by atoms with Gasteiger partial charge >= 0.3 is 19.4 Å². The molecule has 3 aliphatic heterocycles. The monoisotopic (exact) mass is 1210 g/mol. The van der Waals surface area contributed by atoms with Crippen molar-refractivity contribution in [2.75, 3.05) is 37.9 Å². The zero-order valence-corrected chi connectivity index (χ0v) is 51.4. The Hall–Kier alpha value is -3.88. The number of hydrogen-bond donors (Lipinski definition) is 0. The predicted molar refractivity (Wildman–Crippen MR) is 331 cm³/mol. The van der Waals surface area contributed by atoms with Crippen LogP contribution in [-0.2, 0) is 60.3 Å². The normalized spacial score (nSPS) is 21.0. The molecule has 7 aliphatic rings. The van der Waals surface area contributed by atoms with Gasteiger partial charge in [0.1, 0.15) is 0 Å². The van der Waals surface area contributed by atoms with E-state index in [1.165, 1.54) is 144 Å². The summed E-state index contributed by atoms with van der Waals surface area (Å²) in [5, 5.41) is 0. The van der Waals surface area contributed by atoms with E-state index in [0.717, 1.165) is 68.1 Å². The quantitative estimate of drug-likeness (QED) is 0.0678. The predicted octanol–water partition coefficient (Wildman–Crippen LogP) is 16.7. The van der Waals surface area contributed by atoms with Crippen LogP contribution in [0.4, 0.5) is 0 Å². The van der Waals surface area contributed by atoms with Crippen LogP contribution in [-0.4, -0.2) is 81.1 Å². The zero-order chi connectivity index (χ0) is 56.9. The van der Waals surface area contributed by atoms with Crippen molar-refractivity contribution in [3.8, 4) is 0 Å². The first-order valence-corrected chi connectivity index (χ1v) is 32.1. The van der Waals surface area contributed by atoms with E-state index in [1.54, 1.807) is 16.7 Å². The third kappa shape index (κ3) is 18.8. The third-order valence-electron chi connectivity index (χ3n) is 16.7. The first kappa shape index (κ1) is 66.3. The molecule has 2 unspecified atom stereocenters. The maximum atomic E-state index is 8.12. The Morgan fingerprint density at radius 1 is 0.556 bits per heavy atom. The number of benzene rings is 4. The Morgan fingerprint density at radius 3 is 1.51 bits per heavy atom. The van der Waals surface area contributed by atoms with Gasteiger partial charge in [0.05, 0.1) is 24.4 Å². The van der Waals surface area contributed by atoms with E-state index >= 15 is 0 Å². The second kappa shape index (κ2) is 33.6. The van der Waals surface area contributed by atoms with Gasteiger partial charge in [0.2, 0.25) is 0 Å². The molecule has 4 aromatic carbocycles. The van der Waals surface area contributed by atoms with E-state index in [4.69, 9.17) is 47.4 Å². The van der Waals surface area contributed by atoms with Gasteiger partial charge in [0, 0.05) is 39.0 Å². The van der Waals surface area contributed by atoms with E-state index in [0.29, 0.717) is 11.8 Å². The summed E-state index contributed by atoms with van der Waals surface area (Å²) < 4.78 is 37.0. The minimum absolute atomic E-state index is 0. The molecule has 438 valence electrons. The highest BCUT2D eigenvalue weighted by atomic mass is 79.9. The number of ether oxygens (including phenoxy) is 4. The molecular weight excluding hydrogens is 1120 g/mol. The SMILES string of the molecule is Brc1ccccc1SCCOC1CCCCO1.C.Cc1ccc2c(c1)CC(B1OC(C)(C)C(C)(C)O1)=C2C1CCCCC1.Cc1ccc2c(c1)CC(c1ccccc1SCCOC1CCCCO1)=C2C1CCCCC1.O=C=O.O=C=O. The molecule has 14 heteroatoms. The fraction of sp³-hybridized carbons (Fsp3) is 0.552. The Balaban J connectivity index is 0.000000193. The average molecular weight is 1210 g/mol. The van der Waals surface area contributed by atoms with Gasteiger partial charge in [0.25, 0.3) is 0 Å². The third-order valence-corrected chi connectivity index (χ3v) is 19.7. The minimum atomic E-state index is -0.271. The lowest BCUT2D eigenvalue weighted by molar-refractivity contribution is -0.193. The van der Waals surface area contributed by atoms with Gasteiger partial charge in [0.15, 0.2) is 12.6 Å². The Bertz CT molecular complexity index is 2710. The smallest absolute Gasteiger partial charge is 0.400 e. The molecule has 3 heterocycles. The van der Waals surface area contributed by atoms with Crippen LogP contribution in [0.1, 0.15) is 177 Å². The van der Waals surface area contributed by atoms with Gasteiger partial charge < -0.3 is 28.3 Å². The zero-order valence-electron chi connectivity index (χ0n) is 48.2. The van der Waals surface area contributed by atoms with Crippen molar-refractivity contribution in [3.63, 3.8) is 0 Å². The van der Waals surface area contributed by atoms with E-state index < -0.39 is 0 Å². The van der Waals surface area contributed by atoms with Crippen molar-refractivity contribution in [2.45, 2.75) is 198 Å². The highest BCUT2D eigenvalue weighted by Gasteiger charge is 2.54. The van der Waals surface area contributed by atoms with Crippen LogP contribution >= 0.6 is 39.5 Å². The molecule has 4 aliphatic carbocycles. The molecule has 0 bridgehead atoms. The van der Waals surface area contributed by atoms with Crippen molar-refractivity contribution in [3.05, 3.63) is 134 Å². The highest BCUT2D eigenvalue weighted by Crippen LogP contribution is 2.50. The molecule has 0 amide bonds. The van der Waals surface area contributed by atoms with Gasteiger partial charge in [-0.3, -0.25) is 0 Å². The molecule has 4 aromatic rings. The molecule has 2 saturated carbocycles. The van der Waals surface area contributed by atoms with E-state index in [1.807, 2.05) is 29.6 Å². The number of aryl methyl sites for hydroxylation is 2. The molecule has 0 aromatic heterocycles. The fourth-order valence-electron chi connectivity index (χ4n) is 12.1. The Kier molecular flexibility index (Phi) is 27.5. The van der Waals surface area contributed by atoms with Crippen molar-refractivity contribution in [1.82, 2.24) is 0 Å². The van der Waals surface area contributed by atoms with Crippen LogP contribution in [0.25, 0.3) is 16.7 Å². The topological polar surface area (TPSA) is 124 Å². The largest absolute Gasteiger partial charge is 0.491 e. The molecular formula is C67H88BBrO10S2. The first-order chi connectivity index (χ1) is 38.8. The maximum Gasteiger partial charge on any atom is 0.491 e. The standard InChI is InChI=1S/C29H36O2S.C22H31BO2.C13H17BrO2S.2CO2.CH4/c1-21-14-15-24-23(19-21)20-26(29(24)22-9-3-2-4-10-22)25-11-5-6-12-27(25)32-18-17-31-28-13-7-8-16-30-28;1-15-11-12-18-17(13-15)14-19(20(18)16-9-7-6-8-10-16)23-24-21(2,3)22(4,5)25-23;14-11-5-1-2-6-12(11)17-10-9-16-13-7-3-4-8-15-13;2*2-1-3;/h5-6,11-12,14-15,19,22,28H,2-4,7-10,13,16-18,20H2,1H3;11-13,16H,6-10,14H2,1-5H3;1-2,5-6,13H,3-4,7-10H2;;;1H4. The molecule has 2 atom stereocenters. The van der Waals surface area contributed by atoms with Gasteiger partial charge in [-0.1, -0.05) is 124 Å². The van der Waals surface area contributed by atoms with Crippen molar-refractivity contribution < 1.29 is 47.4 Å². The lowest BCUT2D eigenvalue weighted by Crippen LogP contribution is -2.41. The number of hydrogen-bond acceptors (Lipinski definition) is 12. The molecule has 10 nitrogen and oxygen atoms in total. The van der Waals surface area contributed by atoms with Gasteiger partial charge in [-0.05, 0) is 215 Å². The van der Waals surface area contributed by atoms with E-state index in [9.17, 15) is 0 Å². The van der Waals surface area contributed by atoms with E-state index in [-0.39, 0.29) is 50.6 Å². The molecule has 3 saturated heterocycles. The second-order valence-corrected chi connectivity index (χ2v) is 26.0. The summed E-state index contributed by atoms with van der Waals surface area (Å²) in [5.74, 6) is 3.32. The molecule has 0 spiro atoms. The molecule has 0 radical (unpaired) electrons. The summed E-state index contributed by atoms with van der Waals surface area (Å²) in [5.41, 5.74) is 15.8. The van der Waals surface area contributed by atoms with Crippen LogP contribution in [0.15, 0.2) is 105 Å². The first-order valence-electron chi connectivity index (χ1n) is 29.3. The van der Waals surface area contributed by atoms with Crippen molar-refractivity contribution in [2.24, 2.45) is 11.8 Å². The van der Waals surface area contributed by atoms with Crippen LogP contribution in [0, 0.1) is 25.7 Å². The fourth-order valence-corrected chi connectivity index (χ4v) is 14.4. The molecule has 11 rings (SSSR count). The van der Waals surface area contributed by atoms with Crippen molar-refractivity contribution >= 4 is 75.6 Å². The van der Waals surface area contributed by atoms with Crippen LogP contribution in [0.5, 0.6) is 0 Å². The molecule has 5 fully saturated rings. The minimum Gasteiger partial charge on any atom is -0.400 e. The number of rotatable bonds is 14. The van der Waals surface area contributed by atoms with Crippen LogP contribution < -0.4 is 0 Å². The second-order valence-electron chi connectivity index (χ2n) is 22.9. The Morgan fingerprint density at radius 2 is 1.00 bits per heavy atom. The molecule has 81 heavy (non-hydrogen) atoms. The van der Waals surface area contributed by atoms with Gasteiger partial charge in [-0.15, -0.1) is 23.5 Å². The maximum absolute atomic E-state index is 8.12. The summed E-state index contributed by atoms with van der Waals surface area (Å²) in [6.45, 7) is 16.2. The lowest BCUT2D eigenvalue weighted by Gasteiger charge is -2.32.